The number of halogens is 1. The zero-order valence-electron chi connectivity index (χ0n) is 11.0. The first-order valence-electron chi connectivity index (χ1n) is 5.93. The lowest BCUT2D eigenvalue weighted by Gasteiger charge is -2.09. The average Bonchev–Trinajstić information content (AvgIpc) is 2.43. The van der Waals surface area contributed by atoms with Crippen molar-refractivity contribution in [2.45, 2.75) is 20.4 Å². The van der Waals surface area contributed by atoms with Crippen molar-refractivity contribution in [2.75, 3.05) is 0 Å². The maximum absolute atomic E-state index is 13.2. The molecule has 0 aliphatic rings. The third kappa shape index (κ3) is 2.38. The van der Waals surface area contributed by atoms with Crippen LogP contribution >= 0.6 is 0 Å². The summed E-state index contributed by atoms with van der Waals surface area (Å²) in [6.07, 6.45) is 0. The number of aromatic nitrogens is 2. The van der Waals surface area contributed by atoms with Gasteiger partial charge in [0.2, 0.25) is 0 Å². The molecule has 20 heavy (non-hydrogen) atoms. The van der Waals surface area contributed by atoms with Gasteiger partial charge in [-0.25, -0.2) is 9.07 Å². The fourth-order valence-corrected chi connectivity index (χ4v) is 1.87. The van der Waals surface area contributed by atoms with E-state index in [1.54, 1.807) is 13.8 Å². The minimum Gasteiger partial charge on any atom is -0.268 e. The van der Waals surface area contributed by atoms with Crippen LogP contribution in [0.25, 0.3) is 0 Å². The number of nitrogens with one attached hydrogen (secondary N) is 1. The summed E-state index contributed by atoms with van der Waals surface area (Å²) in [5.74, 6) is -0.502. The maximum atomic E-state index is 13.2. The third-order valence-electron chi connectivity index (χ3n) is 3.22. The van der Waals surface area contributed by atoms with Crippen molar-refractivity contribution in [3.05, 3.63) is 67.0 Å². The summed E-state index contributed by atoms with van der Waals surface area (Å²) >= 11 is 0. The number of H-pyrrole nitrogens is 1. The standard InChI is InChI=1S/C14H12FN3O2/c1-8-9(2)14(20)18(17-13(8)19)7-11-5-12(15)4-3-10(11)6-16/h3-5H,7H2,1-2H3,(H,17,19). The molecule has 0 aliphatic carbocycles. The van der Waals surface area contributed by atoms with Crippen LogP contribution in [0.5, 0.6) is 0 Å². The second kappa shape index (κ2) is 5.13. The number of aromatic amines is 1. The Bertz CT molecular complexity index is 828. The van der Waals surface area contributed by atoms with E-state index in [9.17, 15) is 14.0 Å². The molecule has 0 amide bonds. The van der Waals surface area contributed by atoms with Crippen LogP contribution in [0, 0.1) is 31.0 Å². The largest absolute Gasteiger partial charge is 0.268 e. The minimum absolute atomic E-state index is 0.0597. The Labute approximate surface area is 113 Å². The molecule has 1 aromatic carbocycles. The Morgan fingerprint density at radius 3 is 2.65 bits per heavy atom. The molecule has 0 aliphatic heterocycles. The van der Waals surface area contributed by atoms with Gasteiger partial charge in [0.25, 0.3) is 11.1 Å². The fourth-order valence-electron chi connectivity index (χ4n) is 1.87. The van der Waals surface area contributed by atoms with E-state index < -0.39 is 5.82 Å². The second-order valence-corrected chi connectivity index (χ2v) is 4.50. The topological polar surface area (TPSA) is 78.7 Å². The molecule has 2 rings (SSSR count). The first-order valence-corrected chi connectivity index (χ1v) is 5.93. The minimum atomic E-state index is -0.502. The molecule has 1 N–H and O–H groups in total. The van der Waals surface area contributed by atoms with Gasteiger partial charge in [0.05, 0.1) is 18.2 Å². The SMILES string of the molecule is Cc1c(C)c(=O)n(Cc2cc(F)ccc2C#N)[nH]c1=O. The summed E-state index contributed by atoms with van der Waals surface area (Å²) in [5, 5.41) is 11.4. The lowest BCUT2D eigenvalue weighted by atomic mass is 10.1. The third-order valence-corrected chi connectivity index (χ3v) is 3.22. The zero-order chi connectivity index (χ0) is 14.9. The van der Waals surface area contributed by atoms with E-state index in [2.05, 4.69) is 5.10 Å². The summed E-state index contributed by atoms with van der Waals surface area (Å²) < 4.78 is 14.3. The van der Waals surface area contributed by atoms with Crippen molar-refractivity contribution in [1.29, 1.82) is 5.26 Å². The lowest BCUT2D eigenvalue weighted by molar-refractivity contribution is 0.601. The van der Waals surface area contributed by atoms with Gasteiger partial charge in [0, 0.05) is 11.1 Å². The zero-order valence-corrected chi connectivity index (χ0v) is 11.0. The van der Waals surface area contributed by atoms with Gasteiger partial charge < -0.3 is 0 Å². The van der Waals surface area contributed by atoms with Crippen molar-refractivity contribution in [2.24, 2.45) is 0 Å². The molecule has 1 aromatic heterocycles. The number of nitriles is 1. The van der Waals surface area contributed by atoms with E-state index in [4.69, 9.17) is 5.26 Å². The number of hydrogen-bond donors (Lipinski definition) is 1. The summed E-state index contributed by atoms with van der Waals surface area (Å²) in [7, 11) is 0. The molecule has 0 unspecified atom stereocenters. The Kier molecular flexibility index (Phi) is 3.53. The highest BCUT2D eigenvalue weighted by atomic mass is 19.1. The molecule has 0 saturated heterocycles. The molecule has 2 aromatic rings. The van der Waals surface area contributed by atoms with E-state index >= 15 is 0 Å². The van der Waals surface area contributed by atoms with Crippen molar-refractivity contribution in [1.82, 2.24) is 9.78 Å². The van der Waals surface area contributed by atoms with Crippen LogP contribution in [-0.2, 0) is 6.54 Å². The van der Waals surface area contributed by atoms with Gasteiger partial charge in [0.1, 0.15) is 5.82 Å². The molecule has 0 spiro atoms. The summed E-state index contributed by atoms with van der Waals surface area (Å²) in [5.41, 5.74) is 0.549. The molecule has 0 atom stereocenters. The van der Waals surface area contributed by atoms with Gasteiger partial charge in [-0.1, -0.05) is 0 Å². The van der Waals surface area contributed by atoms with E-state index in [-0.39, 0.29) is 23.2 Å². The van der Waals surface area contributed by atoms with Gasteiger partial charge in [-0.3, -0.25) is 14.7 Å². The summed E-state index contributed by atoms with van der Waals surface area (Å²) in [4.78, 5) is 23.7. The Morgan fingerprint density at radius 2 is 2.00 bits per heavy atom. The summed E-state index contributed by atoms with van der Waals surface area (Å²) in [6.45, 7) is 3.05. The van der Waals surface area contributed by atoms with Crippen molar-refractivity contribution in [3.63, 3.8) is 0 Å². The summed E-state index contributed by atoms with van der Waals surface area (Å²) in [6, 6.07) is 5.62. The molecule has 0 saturated carbocycles. The van der Waals surface area contributed by atoms with Crippen LogP contribution in [0.1, 0.15) is 22.3 Å². The van der Waals surface area contributed by atoms with Gasteiger partial charge >= 0.3 is 0 Å². The second-order valence-electron chi connectivity index (χ2n) is 4.50. The first kappa shape index (κ1) is 13.7. The molecule has 0 fully saturated rings. The molecular formula is C14H12FN3O2. The Hall–Kier alpha value is -2.68. The van der Waals surface area contributed by atoms with Crippen LogP contribution in [0.2, 0.25) is 0 Å². The van der Waals surface area contributed by atoms with Crippen LogP contribution in [0.3, 0.4) is 0 Å². The number of rotatable bonds is 2. The smallest absolute Gasteiger partial charge is 0.268 e. The fraction of sp³-hybridized carbons (Fsp3) is 0.214. The average molecular weight is 273 g/mol. The van der Waals surface area contributed by atoms with Crippen molar-refractivity contribution >= 4 is 0 Å². The number of nitrogens with zero attached hydrogens (tertiary/aromatic N) is 2. The molecule has 6 heteroatoms. The van der Waals surface area contributed by atoms with Crippen LogP contribution in [-0.4, -0.2) is 9.78 Å². The van der Waals surface area contributed by atoms with Gasteiger partial charge in [0.15, 0.2) is 0 Å². The van der Waals surface area contributed by atoms with Crippen LogP contribution in [0.4, 0.5) is 4.39 Å². The van der Waals surface area contributed by atoms with Gasteiger partial charge in [-0.15, -0.1) is 0 Å². The molecule has 0 radical (unpaired) electrons. The highest BCUT2D eigenvalue weighted by molar-refractivity contribution is 5.38. The highest BCUT2D eigenvalue weighted by Crippen LogP contribution is 2.11. The quantitative estimate of drug-likeness (QED) is 0.893. The van der Waals surface area contributed by atoms with Crippen LogP contribution in [0.15, 0.2) is 27.8 Å². The highest BCUT2D eigenvalue weighted by Gasteiger charge is 2.10. The molecule has 0 bridgehead atoms. The van der Waals surface area contributed by atoms with Crippen molar-refractivity contribution in [3.8, 4) is 6.07 Å². The van der Waals surface area contributed by atoms with E-state index in [0.717, 1.165) is 4.68 Å². The molecule has 1 heterocycles. The van der Waals surface area contributed by atoms with Crippen LogP contribution < -0.4 is 11.1 Å². The number of benzene rings is 1. The lowest BCUT2D eigenvalue weighted by Crippen LogP contribution is -2.33. The van der Waals surface area contributed by atoms with E-state index in [1.807, 2.05) is 6.07 Å². The predicted octanol–water partition coefficient (Wildman–Crippen LogP) is 1.21. The van der Waals surface area contributed by atoms with Crippen molar-refractivity contribution < 1.29 is 4.39 Å². The monoisotopic (exact) mass is 273 g/mol. The van der Waals surface area contributed by atoms with Gasteiger partial charge in [-0.05, 0) is 37.6 Å². The normalized spacial score (nSPS) is 10.3. The molecule has 5 nitrogen and oxygen atoms in total. The van der Waals surface area contributed by atoms with E-state index in [1.165, 1.54) is 18.2 Å². The number of hydrogen-bond acceptors (Lipinski definition) is 3. The predicted molar refractivity (Wildman–Crippen MR) is 71.0 cm³/mol. The first-order chi connectivity index (χ1) is 9.43. The Morgan fingerprint density at radius 1 is 1.30 bits per heavy atom. The maximum Gasteiger partial charge on any atom is 0.268 e. The molecular weight excluding hydrogens is 261 g/mol. The molecule has 102 valence electrons. The van der Waals surface area contributed by atoms with E-state index in [0.29, 0.717) is 16.7 Å². The van der Waals surface area contributed by atoms with Gasteiger partial charge in [-0.2, -0.15) is 5.26 Å². The Balaban J connectivity index is 2.57.